The Bertz CT molecular complexity index is 1090. The summed E-state index contributed by atoms with van der Waals surface area (Å²) in [4.78, 5) is 24.5. The standard InChI is InChI=1S/C23H24F3N3O5/c1-4-13-12-19(30)29(21(27)14-5-7-15(8-6-14)22(31)33-3)28-20(13)16-9-10-17(32-2)18(11-16)34-23(24,25)26/h5-11,13,21H,4,12,27H2,1-3H3. The Morgan fingerprint density at radius 2 is 1.85 bits per heavy atom. The van der Waals surface area contributed by atoms with E-state index in [2.05, 4.69) is 14.6 Å². The van der Waals surface area contributed by atoms with Gasteiger partial charge >= 0.3 is 12.3 Å². The predicted molar refractivity (Wildman–Crippen MR) is 116 cm³/mol. The summed E-state index contributed by atoms with van der Waals surface area (Å²) in [6.45, 7) is 1.85. The van der Waals surface area contributed by atoms with Crippen LogP contribution in [0, 0.1) is 5.92 Å². The number of esters is 1. The summed E-state index contributed by atoms with van der Waals surface area (Å²) in [5, 5.41) is 5.53. The Labute approximate surface area is 194 Å². The number of hydrazone groups is 1. The van der Waals surface area contributed by atoms with Gasteiger partial charge in [0.25, 0.3) is 0 Å². The number of rotatable bonds is 7. The molecule has 2 aromatic carbocycles. The van der Waals surface area contributed by atoms with E-state index in [1.807, 2.05) is 6.92 Å². The summed E-state index contributed by atoms with van der Waals surface area (Å²) in [6.07, 6.45) is -5.28. The number of ether oxygens (including phenoxy) is 3. The van der Waals surface area contributed by atoms with Crippen molar-refractivity contribution in [2.75, 3.05) is 14.2 Å². The third-order valence-corrected chi connectivity index (χ3v) is 5.39. The lowest BCUT2D eigenvalue weighted by molar-refractivity contribution is -0.275. The first-order valence-electron chi connectivity index (χ1n) is 10.4. The second-order valence-electron chi connectivity index (χ2n) is 7.50. The van der Waals surface area contributed by atoms with Crippen LogP contribution in [0.15, 0.2) is 47.6 Å². The van der Waals surface area contributed by atoms with Crippen molar-refractivity contribution in [3.05, 3.63) is 59.2 Å². The van der Waals surface area contributed by atoms with Crippen molar-refractivity contribution >= 4 is 17.6 Å². The fourth-order valence-corrected chi connectivity index (χ4v) is 3.62. The number of benzene rings is 2. The van der Waals surface area contributed by atoms with Gasteiger partial charge in [-0.3, -0.25) is 4.79 Å². The first kappa shape index (κ1) is 25.0. The van der Waals surface area contributed by atoms with Crippen LogP contribution >= 0.6 is 0 Å². The molecule has 2 atom stereocenters. The Balaban J connectivity index is 1.99. The highest BCUT2D eigenvalue weighted by molar-refractivity contribution is 6.06. The van der Waals surface area contributed by atoms with Crippen LogP contribution in [0.5, 0.6) is 11.5 Å². The van der Waals surface area contributed by atoms with Gasteiger partial charge in [-0.1, -0.05) is 19.1 Å². The molecular weight excluding hydrogens is 455 g/mol. The largest absolute Gasteiger partial charge is 0.573 e. The van der Waals surface area contributed by atoms with E-state index in [9.17, 15) is 22.8 Å². The zero-order valence-corrected chi connectivity index (χ0v) is 18.8. The van der Waals surface area contributed by atoms with Crippen LogP contribution in [0.3, 0.4) is 0 Å². The first-order valence-corrected chi connectivity index (χ1v) is 10.4. The number of nitrogens with two attached hydrogens (primary N) is 1. The Hall–Kier alpha value is -3.60. The number of carbonyl (C=O) groups is 2. The van der Waals surface area contributed by atoms with Crippen molar-refractivity contribution in [2.24, 2.45) is 16.8 Å². The predicted octanol–water partition coefficient (Wildman–Crippen LogP) is 4.00. The van der Waals surface area contributed by atoms with Gasteiger partial charge in [-0.2, -0.15) is 5.10 Å². The van der Waals surface area contributed by atoms with Gasteiger partial charge in [0.15, 0.2) is 11.5 Å². The summed E-state index contributed by atoms with van der Waals surface area (Å²) in [6, 6.07) is 10.3. The molecule has 0 fully saturated rings. The number of halogens is 3. The Kier molecular flexibility index (Phi) is 7.45. The minimum atomic E-state index is -4.91. The molecule has 0 bridgehead atoms. The lowest BCUT2D eigenvalue weighted by Crippen LogP contribution is -2.42. The summed E-state index contributed by atoms with van der Waals surface area (Å²) in [5.41, 5.74) is 7.86. The van der Waals surface area contributed by atoms with E-state index in [0.717, 1.165) is 5.01 Å². The Morgan fingerprint density at radius 1 is 1.18 bits per heavy atom. The smallest absolute Gasteiger partial charge is 0.493 e. The maximum absolute atomic E-state index is 12.9. The summed E-state index contributed by atoms with van der Waals surface area (Å²) < 4.78 is 52.4. The van der Waals surface area contributed by atoms with Gasteiger partial charge in [0.2, 0.25) is 5.91 Å². The van der Waals surface area contributed by atoms with Crippen LogP contribution in [0.4, 0.5) is 13.2 Å². The topological polar surface area (TPSA) is 103 Å². The molecule has 3 rings (SSSR count). The molecule has 0 aliphatic carbocycles. The maximum Gasteiger partial charge on any atom is 0.573 e. The summed E-state index contributed by atoms with van der Waals surface area (Å²) >= 11 is 0. The molecule has 1 heterocycles. The highest BCUT2D eigenvalue weighted by Crippen LogP contribution is 2.35. The van der Waals surface area contributed by atoms with Crippen molar-refractivity contribution in [2.45, 2.75) is 32.3 Å². The quantitative estimate of drug-likeness (QED) is 0.602. The second kappa shape index (κ2) is 10.1. The van der Waals surface area contributed by atoms with Gasteiger partial charge in [-0.15, -0.1) is 13.2 Å². The van der Waals surface area contributed by atoms with Gasteiger partial charge in [-0.25, -0.2) is 9.80 Å². The number of hydrogen-bond acceptors (Lipinski definition) is 7. The van der Waals surface area contributed by atoms with E-state index in [1.165, 1.54) is 38.5 Å². The van der Waals surface area contributed by atoms with Crippen molar-refractivity contribution in [3.8, 4) is 11.5 Å². The second-order valence-corrected chi connectivity index (χ2v) is 7.50. The van der Waals surface area contributed by atoms with Gasteiger partial charge in [-0.05, 0) is 42.3 Å². The molecule has 0 aromatic heterocycles. The van der Waals surface area contributed by atoms with E-state index in [0.29, 0.717) is 28.8 Å². The van der Waals surface area contributed by atoms with Gasteiger partial charge in [0.1, 0.15) is 6.17 Å². The number of amides is 1. The number of carbonyl (C=O) groups excluding carboxylic acids is 2. The van der Waals surface area contributed by atoms with Gasteiger partial charge in [0, 0.05) is 17.9 Å². The Morgan fingerprint density at radius 3 is 2.41 bits per heavy atom. The van der Waals surface area contributed by atoms with E-state index in [4.69, 9.17) is 10.5 Å². The summed E-state index contributed by atoms with van der Waals surface area (Å²) in [7, 11) is 2.50. The van der Waals surface area contributed by atoms with E-state index >= 15 is 0 Å². The average Bonchev–Trinajstić information content (AvgIpc) is 2.82. The lowest BCUT2D eigenvalue weighted by atomic mass is 9.89. The van der Waals surface area contributed by atoms with Crippen LogP contribution in [0.1, 0.15) is 47.4 Å². The molecule has 0 radical (unpaired) electrons. The molecule has 34 heavy (non-hydrogen) atoms. The molecule has 0 saturated heterocycles. The summed E-state index contributed by atoms with van der Waals surface area (Å²) in [5.74, 6) is -1.79. The monoisotopic (exact) mass is 479 g/mol. The van der Waals surface area contributed by atoms with Crippen molar-refractivity contribution < 1.29 is 37.0 Å². The van der Waals surface area contributed by atoms with Gasteiger partial charge in [0.05, 0.1) is 25.5 Å². The molecule has 1 aliphatic rings. The van der Waals surface area contributed by atoms with Crippen LogP contribution in [0.25, 0.3) is 0 Å². The van der Waals surface area contributed by atoms with Crippen LogP contribution in [-0.4, -0.2) is 43.2 Å². The molecule has 8 nitrogen and oxygen atoms in total. The van der Waals surface area contributed by atoms with Crippen LogP contribution < -0.4 is 15.2 Å². The number of hydrogen-bond donors (Lipinski definition) is 1. The molecule has 2 N–H and O–H groups in total. The van der Waals surface area contributed by atoms with E-state index in [1.54, 1.807) is 18.2 Å². The molecule has 0 spiro atoms. The molecule has 1 aliphatic heterocycles. The number of alkyl halides is 3. The zero-order chi connectivity index (χ0) is 25.0. The molecular formula is C23H24F3N3O5. The van der Waals surface area contributed by atoms with E-state index < -0.39 is 24.2 Å². The minimum Gasteiger partial charge on any atom is -0.493 e. The molecule has 2 aromatic rings. The first-order chi connectivity index (χ1) is 16.1. The third kappa shape index (κ3) is 5.48. The van der Waals surface area contributed by atoms with Crippen molar-refractivity contribution in [1.29, 1.82) is 0 Å². The minimum absolute atomic E-state index is 0.0742. The molecule has 11 heteroatoms. The molecule has 182 valence electrons. The number of nitrogens with zero attached hydrogens (tertiary/aromatic N) is 2. The molecule has 2 unspecified atom stereocenters. The number of methoxy groups -OCH3 is 2. The van der Waals surface area contributed by atoms with Crippen LogP contribution in [0.2, 0.25) is 0 Å². The van der Waals surface area contributed by atoms with Crippen molar-refractivity contribution in [3.63, 3.8) is 0 Å². The maximum atomic E-state index is 12.9. The zero-order valence-electron chi connectivity index (χ0n) is 18.8. The fourth-order valence-electron chi connectivity index (χ4n) is 3.62. The van der Waals surface area contributed by atoms with E-state index in [-0.39, 0.29) is 24.0 Å². The lowest BCUT2D eigenvalue weighted by Gasteiger charge is -2.33. The third-order valence-electron chi connectivity index (χ3n) is 5.39. The van der Waals surface area contributed by atoms with Gasteiger partial charge < -0.3 is 19.9 Å². The highest BCUT2D eigenvalue weighted by Gasteiger charge is 2.35. The van der Waals surface area contributed by atoms with Crippen molar-refractivity contribution in [1.82, 2.24) is 5.01 Å². The molecule has 0 saturated carbocycles. The normalized spacial score (nSPS) is 17.1. The fraction of sp³-hybridized carbons (Fsp3) is 0.348. The molecule has 1 amide bonds. The van der Waals surface area contributed by atoms with Crippen LogP contribution in [-0.2, 0) is 9.53 Å². The average molecular weight is 479 g/mol. The SMILES string of the molecule is CCC1CC(=O)N(C(N)c2ccc(C(=O)OC)cc2)N=C1c1ccc(OC)c(OC(F)(F)F)c1. The highest BCUT2D eigenvalue weighted by atomic mass is 19.4.